The molecule has 1 aliphatic carbocycles. The van der Waals surface area contributed by atoms with E-state index >= 15 is 0 Å². The van der Waals surface area contributed by atoms with Gasteiger partial charge in [-0.2, -0.15) is 0 Å². The first kappa shape index (κ1) is 12.5. The quantitative estimate of drug-likeness (QED) is 0.930. The Balaban J connectivity index is 1.85. The van der Waals surface area contributed by atoms with Gasteiger partial charge in [-0.1, -0.05) is 22.0 Å². The summed E-state index contributed by atoms with van der Waals surface area (Å²) in [4.78, 5) is 4.50. The standard InChI is InChI=1S/C15H15BrN2O/c1-19-13-8-11(16)7-12(9-13)18-14-5-4-10-3-2-6-17-15(10)14/h2-3,6-9,14,18H,4-5H2,1H3. The lowest BCUT2D eigenvalue weighted by atomic mass is 10.2. The van der Waals surface area contributed by atoms with Crippen LogP contribution < -0.4 is 10.1 Å². The zero-order valence-corrected chi connectivity index (χ0v) is 12.3. The smallest absolute Gasteiger partial charge is 0.122 e. The van der Waals surface area contributed by atoms with Crippen molar-refractivity contribution in [2.75, 3.05) is 12.4 Å². The summed E-state index contributed by atoms with van der Waals surface area (Å²) in [7, 11) is 1.68. The van der Waals surface area contributed by atoms with Crippen LogP contribution in [-0.4, -0.2) is 12.1 Å². The number of hydrogen-bond donors (Lipinski definition) is 1. The molecular formula is C15H15BrN2O. The molecule has 0 spiro atoms. The number of nitrogens with one attached hydrogen (secondary N) is 1. The number of aromatic nitrogens is 1. The van der Waals surface area contributed by atoms with Gasteiger partial charge in [0.2, 0.25) is 0 Å². The lowest BCUT2D eigenvalue weighted by molar-refractivity contribution is 0.414. The maximum Gasteiger partial charge on any atom is 0.122 e. The Labute approximate surface area is 121 Å². The predicted molar refractivity (Wildman–Crippen MR) is 79.6 cm³/mol. The first-order valence-electron chi connectivity index (χ1n) is 6.31. The molecule has 1 atom stereocenters. The summed E-state index contributed by atoms with van der Waals surface area (Å²) in [5.41, 5.74) is 3.57. The van der Waals surface area contributed by atoms with Crippen molar-refractivity contribution >= 4 is 21.6 Å². The minimum atomic E-state index is 0.287. The van der Waals surface area contributed by atoms with Crippen molar-refractivity contribution in [1.82, 2.24) is 4.98 Å². The number of rotatable bonds is 3. The molecule has 1 N–H and O–H groups in total. The molecule has 3 rings (SSSR count). The van der Waals surface area contributed by atoms with Gasteiger partial charge in [-0.05, 0) is 36.6 Å². The van der Waals surface area contributed by atoms with Crippen LogP contribution in [0.4, 0.5) is 5.69 Å². The van der Waals surface area contributed by atoms with E-state index in [9.17, 15) is 0 Å². The Morgan fingerprint density at radius 1 is 1.37 bits per heavy atom. The minimum Gasteiger partial charge on any atom is -0.497 e. The number of methoxy groups -OCH3 is 1. The molecule has 0 fully saturated rings. The number of anilines is 1. The van der Waals surface area contributed by atoms with Gasteiger partial charge in [-0.15, -0.1) is 0 Å². The molecule has 0 bridgehead atoms. The Morgan fingerprint density at radius 3 is 3.11 bits per heavy atom. The monoisotopic (exact) mass is 318 g/mol. The number of halogens is 1. The van der Waals surface area contributed by atoms with Crippen LogP contribution in [0.3, 0.4) is 0 Å². The number of nitrogens with zero attached hydrogens (tertiary/aromatic N) is 1. The second-order valence-corrected chi connectivity index (χ2v) is 5.58. The SMILES string of the molecule is COc1cc(Br)cc(NC2CCc3cccnc32)c1. The second kappa shape index (κ2) is 5.21. The lowest BCUT2D eigenvalue weighted by Gasteiger charge is -2.15. The average Bonchev–Trinajstić information content (AvgIpc) is 2.82. The van der Waals surface area contributed by atoms with Crippen molar-refractivity contribution in [3.63, 3.8) is 0 Å². The molecule has 98 valence electrons. The van der Waals surface area contributed by atoms with E-state index in [4.69, 9.17) is 4.74 Å². The highest BCUT2D eigenvalue weighted by Crippen LogP contribution is 2.33. The maximum absolute atomic E-state index is 5.28. The third-order valence-electron chi connectivity index (χ3n) is 3.41. The van der Waals surface area contributed by atoms with Gasteiger partial charge >= 0.3 is 0 Å². The average molecular weight is 319 g/mol. The summed E-state index contributed by atoms with van der Waals surface area (Å²) in [6, 6.07) is 10.5. The molecule has 1 heterocycles. The summed E-state index contributed by atoms with van der Waals surface area (Å²) < 4.78 is 6.29. The first-order chi connectivity index (χ1) is 9.26. The molecule has 0 saturated carbocycles. The van der Waals surface area contributed by atoms with E-state index in [0.29, 0.717) is 0 Å². The van der Waals surface area contributed by atoms with E-state index in [1.54, 1.807) is 7.11 Å². The van der Waals surface area contributed by atoms with Crippen molar-refractivity contribution < 1.29 is 4.74 Å². The van der Waals surface area contributed by atoms with Gasteiger partial charge in [0.05, 0.1) is 18.8 Å². The number of pyridine rings is 1. The van der Waals surface area contributed by atoms with Gasteiger partial charge < -0.3 is 10.1 Å². The van der Waals surface area contributed by atoms with E-state index in [1.807, 2.05) is 24.4 Å². The molecule has 1 aromatic heterocycles. The normalized spacial score (nSPS) is 17.1. The van der Waals surface area contributed by atoms with Crippen molar-refractivity contribution in [1.29, 1.82) is 0 Å². The Morgan fingerprint density at radius 2 is 2.26 bits per heavy atom. The zero-order chi connectivity index (χ0) is 13.2. The highest BCUT2D eigenvalue weighted by Gasteiger charge is 2.23. The van der Waals surface area contributed by atoms with E-state index in [-0.39, 0.29) is 6.04 Å². The summed E-state index contributed by atoms with van der Waals surface area (Å²) in [6.45, 7) is 0. The first-order valence-corrected chi connectivity index (χ1v) is 7.10. The summed E-state index contributed by atoms with van der Waals surface area (Å²) in [6.07, 6.45) is 4.04. The number of fused-ring (bicyclic) bond motifs is 1. The zero-order valence-electron chi connectivity index (χ0n) is 10.7. The van der Waals surface area contributed by atoms with Gasteiger partial charge in [0.25, 0.3) is 0 Å². The third kappa shape index (κ3) is 2.59. The second-order valence-electron chi connectivity index (χ2n) is 4.66. The van der Waals surface area contributed by atoms with Gasteiger partial charge in [-0.3, -0.25) is 4.98 Å². The van der Waals surface area contributed by atoms with E-state index in [2.05, 4.69) is 38.4 Å². The molecule has 19 heavy (non-hydrogen) atoms. The largest absolute Gasteiger partial charge is 0.497 e. The summed E-state index contributed by atoms with van der Waals surface area (Å²) in [5.74, 6) is 0.844. The molecular weight excluding hydrogens is 304 g/mol. The Bertz CT molecular complexity index is 600. The van der Waals surface area contributed by atoms with Crippen LogP contribution in [0.15, 0.2) is 41.0 Å². The van der Waals surface area contributed by atoms with Crippen molar-refractivity contribution in [3.05, 3.63) is 52.3 Å². The molecule has 4 heteroatoms. The third-order valence-corrected chi connectivity index (χ3v) is 3.86. The van der Waals surface area contributed by atoms with Gasteiger partial charge in [0, 0.05) is 22.4 Å². The van der Waals surface area contributed by atoms with Crippen LogP contribution in [0.2, 0.25) is 0 Å². The molecule has 0 radical (unpaired) electrons. The molecule has 0 aliphatic heterocycles. The molecule has 2 aromatic rings. The van der Waals surface area contributed by atoms with Crippen LogP contribution in [0.5, 0.6) is 5.75 Å². The number of aryl methyl sites for hydroxylation is 1. The van der Waals surface area contributed by atoms with Gasteiger partial charge in [-0.25, -0.2) is 0 Å². The fraction of sp³-hybridized carbons (Fsp3) is 0.267. The molecule has 1 aliphatic rings. The van der Waals surface area contributed by atoms with Crippen LogP contribution in [-0.2, 0) is 6.42 Å². The molecule has 1 aromatic carbocycles. The molecule has 0 amide bonds. The topological polar surface area (TPSA) is 34.1 Å². The summed E-state index contributed by atoms with van der Waals surface area (Å²) in [5, 5.41) is 3.54. The number of hydrogen-bond acceptors (Lipinski definition) is 3. The van der Waals surface area contributed by atoms with E-state index in [1.165, 1.54) is 11.3 Å². The summed E-state index contributed by atoms with van der Waals surface area (Å²) >= 11 is 3.50. The lowest BCUT2D eigenvalue weighted by Crippen LogP contribution is -2.08. The van der Waals surface area contributed by atoms with Crippen molar-refractivity contribution in [2.45, 2.75) is 18.9 Å². The van der Waals surface area contributed by atoms with Crippen LogP contribution in [0.1, 0.15) is 23.7 Å². The Hall–Kier alpha value is -1.55. The maximum atomic E-state index is 5.28. The number of ether oxygens (including phenoxy) is 1. The molecule has 0 saturated heterocycles. The minimum absolute atomic E-state index is 0.287. The van der Waals surface area contributed by atoms with Gasteiger partial charge in [0.1, 0.15) is 5.75 Å². The fourth-order valence-electron chi connectivity index (χ4n) is 2.52. The highest BCUT2D eigenvalue weighted by atomic mass is 79.9. The fourth-order valence-corrected chi connectivity index (χ4v) is 2.99. The Kier molecular flexibility index (Phi) is 3.42. The van der Waals surface area contributed by atoms with Crippen LogP contribution in [0.25, 0.3) is 0 Å². The van der Waals surface area contributed by atoms with Crippen molar-refractivity contribution in [3.8, 4) is 5.75 Å². The molecule has 3 nitrogen and oxygen atoms in total. The highest BCUT2D eigenvalue weighted by molar-refractivity contribution is 9.10. The van der Waals surface area contributed by atoms with E-state index in [0.717, 1.165) is 28.8 Å². The van der Waals surface area contributed by atoms with Crippen LogP contribution >= 0.6 is 15.9 Å². The van der Waals surface area contributed by atoms with Gasteiger partial charge in [0.15, 0.2) is 0 Å². The number of benzene rings is 1. The van der Waals surface area contributed by atoms with E-state index < -0.39 is 0 Å². The van der Waals surface area contributed by atoms with Crippen molar-refractivity contribution in [2.24, 2.45) is 0 Å². The predicted octanol–water partition coefficient (Wildman–Crippen LogP) is 3.95. The molecule has 1 unspecified atom stereocenters. The van der Waals surface area contributed by atoms with Crippen LogP contribution in [0, 0.1) is 0 Å².